The van der Waals surface area contributed by atoms with Crippen LogP contribution < -0.4 is 0 Å². The average molecular weight is 210 g/mol. The summed E-state index contributed by atoms with van der Waals surface area (Å²) >= 11 is 0. The van der Waals surface area contributed by atoms with Crippen LogP contribution in [0.5, 0.6) is 0 Å². The number of carbonyl (C=O) groups excluding carboxylic acids is 1. The first-order chi connectivity index (χ1) is 7.02. The van der Waals surface area contributed by atoms with Gasteiger partial charge < -0.3 is 5.11 Å². The molecular formula is C12H15FO2. The van der Waals surface area contributed by atoms with Gasteiger partial charge in [-0.25, -0.2) is 4.39 Å². The molecule has 0 amide bonds. The zero-order chi connectivity index (χ0) is 11.4. The van der Waals surface area contributed by atoms with Gasteiger partial charge in [0.05, 0.1) is 0 Å². The van der Waals surface area contributed by atoms with Gasteiger partial charge in [-0.05, 0) is 17.5 Å². The van der Waals surface area contributed by atoms with E-state index in [4.69, 9.17) is 0 Å². The van der Waals surface area contributed by atoms with Crippen LogP contribution in [0.15, 0.2) is 24.3 Å². The average Bonchev–Trinajstić information content (AvgIpc) is 2.20. The van der Waals surface area contributed by atoms with Crippen molar-refractivity contribution < 1.29 is 14.3 Å². The Morgan fingerprint density at radius 2 is 2.00 bits per heavy atom. The Balaban J connectivity index is 2.71. The predicted octanol–water partition coefficient (Wildman–Crippen LogP) is 1.95. The summed E-state index contributed by atoms with van der Waals surface area (Å²) in [7, 11) is 0. The lowest BCUT2D eigenvalue weighted by molar-refractivity contribution is -0.128. The van der Waals surface area contributed by atoms with Gasteiger partial charge in [-0.1, -0.05) is 32.0 Å². The molecule has 0 saturated heterocycles. The third kappa shape index (κ3) is 3.13. The Labute approximate surface area is 88.7 Å². The first-order valence-electron chi connectivity index (χ1n) is 4.96. The molecule has 1 N–H and O–H groups in total. The summed E-state index contributed by atoms with van der Waals surface area (Å²) in [4.78, 5) is 11.5. The molecule has 0 spiro atoms. The van der Waals surface area contributed by atoms with E-state index in [-0.39, 0.29) is 18.1 Å². The van der Waals surface area contributed by atoms with Gasteiger partial charge in [0.25, 0.3) is 0 Å². The number of aliphatic hydroxyl groups is 1. The molecule has 1 unspecified atom stereocenters. The molecule has 15 heavy (non-hydrogen) atoms. The molecule has 1 atom stereocenters. The van der Waals surface area contributed by atoms with Crippen molar-refractivity contribution in [1.29, 1.82) is 0 Å². The Morgan fingerprint density at radius 3 is 2.53 bits per heavy atom. The van der Waals surface area contributed by atoms with Gasteiger partial charge in [-0.3, -0.25) is 4.79 Å². The van der Waals surface area contributed by atoms with Crippen molar-refractivity contribution in [3.63, 3.8) is 0 Å². The maximum atomic E-state index is 13.2. The van der Waals surface area contributed by atoms with E-state index in [2.05, 4.69) is 0 Å². The van der Waals surface area contributed by atoms with E-state index >= 15 is 0 Å². The lowest BCUT2D eigenvalue weighted by atomic mass is 9.98. The third-order valence-electron chi connectivity index (χ3n) is 2.28. The van der Waals surface area contributed by atoms with Crippen molar-refractivity contribution in [2.24, 2.45) is 5.92 Å². The second-order valence-electron chi connectivity index (χ2n) is 3.92. The fourth-order valence-corrected chi connectivity index (χ4v) is 1.31. The van der Waals surface area contributed by atoms with Crippen LogP contribution in [-0.2, 0) is 11.2 Å². The molecule has 0 aromatic heterocycles. The number of rotatable bonds is 4. The number of ketones is 1. The summed E-state index contributed by atoms with van der Waals surface area (Å²) in [6.07, 6.45) is -1.06. The molecule has 82 valence electrons. The van der Waals surface area contributed by atoms with Crippen molar-refractivity contribution in [3.8, 4) is 0 Å². The minimum Gasteiger partial charge on any atom is -0.385 e. The quantitative estimate of drug-likeness (QED) is 0.824. The topological polar surface area (TPSA) is 37.3 Å². The van der Waals surface area contributed by atoms with E-state index in [9.17, 15) is 14.3 Å². The summed E-state index contributed by atoms with van der Waals surface area (Å²) < 4.78 is 13.2. The van der Waals surface area contributed by atoms with Crippen LogP contribution in [0, 0.1) is 11.7 Å². The molecule has 0 fully saturated rings. The lowest BCUT2D eigenvalue weighted by Crippen LogP contribution is -2.27. The van der Waals surface area contributed by atoms with Crippen LogP contribution in [0.25, 0.3) is 0 Å². The summed E-state index contributed by atoms with van der Waals surface area (Å²) in [5, 5.41) is 9.48. The summed E-state index contributed by atoms with van der Waals surface area (Å²) in [6.45, 7) is 3.51. The van der Waals surface area contributed by atoms with Gasteiger partial charge in [0, 0.05) is 6.42 Å². The molecule has 1 aromatic carbocycles. The van der Waals surface area contributed by atoms with Crippen LogP contribution in [0.2, 0.25) is 0 Å². The Hall–Kier alpha value is -1.22. The first-order valence-corrected chi connectivity index (χ1v) is 4.96. The molecule has 0 aliphatic heterocycles. The van der Waals surface area contributed by atoms with Gasteiger partial charge in [-0.15, -0.1) is 0 Å². The van der Waals surface area contributed by atoms with Gasteiger partial charge in [0.15, 0.2) is 5.78 Å². The van der Waals surface area contributed by atoms with Gasteiger partial charge in [0.1, 0.15) is 11.9 Å². The van der Waals surface area contributed by atoms with Crippen molar-refractivity contribution in [2.45, 2.75) is 26.4 Å². The van der Waals surface area contributed by atoms with E-state index in [1.807, 2.05) is 0 Å². The normalized spacial score (nSPS) is 12.9. The number of carbonyl (C=O) groups is 1. The number of hydrogen-bond acceptors (Lipinski definition) is 2. The highest BCUT2D eigenvalue weighted by molar-refractivity contribution is 5.85. The zero-order valence-electron chi connectivity index (χ0n) is 8.90. The molecule has 0 radical (unpaired) electrons. The van der Waals surface area contributed by atoms with Crippen molar-refractivity contribution in [1.82, 2.24) is 0 Å². The fraction of sp³-hybridized carbons (Fsp3) is 0.417. The molecule has 0 aliphatic rings. The van der Waals surface area contributed by atoms with Crippen LogP contribution in [-0.4, -0.2) is 17.0 Å². The van der Waals surface area contributed by atoms with Crippen molar-refractivity contribution in [2.75, 3.05) is 0 Å². The maximum absolute atomic E-state index is 13.2. The third-order valence-corrected chi connectivity index (χ3v) is 2.28. The number of aliphatic hydroxyl groups excluding tert-OH is 1. The molecular weight excluding hydrogens is 195 g/mol. The number of Topliss-reactive ketones (excluding diaryl/α,β-unsaturated/α-hetero) is 1. The monoisotopic (exact) mass is 210 g/mol. The van der Waals surface area contributed by atoms with E-state index in [0.29, 0.717) is 5.56 Å². The van der Waals surface area contributed by atoms with E-state index in [0.717, 1.165) is 0 Å². The molecule has 1 rings (SSSR count). The molecule has 0 bridgehead atoms. The Kier molecular flexibility index (Phi) is 3.97. The van der Waals surface area contributed by atoms with Crippen LogP contribution >= 0.6 is 0 Å². The first kappa shape index (κ1) is 11.9. The minimum atomic E-state index is -1.01. The number of halogens is 1. The minimum absolute atomic E-state index is 0.0496. The van der Waals surface area contributed by atoms with E-state index in [1.54, 1.807) is 32.0 Å². The Morgan fingerprint density at radius 1 is 1.40 bits per heavy atom. The highest BCUT2D eigenvalue weighted by atomic mass is 19.1. The SMILES string of the molecule is CC(C)C(O)C(=O)Cc1ccccc1F. The number of hydrogen-bond donors (Lipinski definition) is 1. The Bertz CT molecular complexity index is 347. The molecule has 0 heterocycles. The lowest BCUT2D eigenvalue weighted by Gasteiger charge is -2.13. The van der Waals surface area contributed by atoms with Crippen LogP contribution in [0.4, 0.5) is 4.39 Å². The molecule has 1 aromatic rings. The molecule has 0 saturated carbocycles. The molecule has 2 nitrogen and oxygen atoms in total. The molecule has 0 aliphatic carbocycles. The van der Waals surface area contributed by atoms with Gasteiger partial charge in [-0.2, -0.15) is 0 Å². The molecule has 3 heteroatoms. The highest BCUT2D eigenvalue weighted by Crippen LogP contribution is 2.11. The maximum Gasteiger partial charge on any atom is 0.165 e. The second kappa shape index (κ2) is 5.03. The second-order valence-corrected chi connectivity index (χ2v) is 3.92. The van der Waals surface area contributed by atoms with E-state index < -0.39 is 11.9 Å². The number of benzene rings is 1. The summed E-state index contributed by atoms with van der Waals surface area (Å²) in [5.74, 6) is -0.874. The zero-order valence-corrected chi connectivity index (χ0v) is 8.90. The summed E-state index contributed by atoms with van der Waals surface area (Å²) in [5.41, 5.74) is 0.335. The summed E-state index contributed by atoms with van der Waals surface area (Å²) in [6, 6.07) is 6.11. The fourth-order valence-electron chi connectivity index (χ4n) is 1.31. The smallest absolute Gasteiger partial charge is 0.165 e. The highest BCUT2D eigenvalue weighted by Gasteiger charge is 2.19. The van der Waals surface area contributed by atoms with Crippen LogP contribution in [0.3, 0.4) is 0 Å². The van der Waals surface area contributed by atoms with Crippen LogP contribution in [0.1, 0.15) is 19.4 Å². The van der Waals surface area contributed by atoms with Crippen molar-refractivity contribution >= 4 is 5.78 Å². The largest absolute Gasteiger partial charge is 0.385 e. The van der Waals surface area contributed by atoms with Gasteiger partial charge >= 0.3 is 0 Å². The van der Waals surface area contributed by atoms with Gasteiger partial charge in [0.2, 0.25) is 0 Å². The standard InChI is InChI=1S/C12H15FO2/c1-8(2)12(15)11(14)7-9-5-3-4-6-10(9)13/h3-6,8,12,15H,7H2,1-2H3. The van der Waals surface area contributed by atoms with E-state index in [1.165, 1.54) is 6.07 Å². The predicted molar refractivity (Wildman–Crippen MR) is 56.0 cm³/mol. The van der Waals surface area contributed by atoms with Crippen molar-refractivity contribution in [3.05, 3.63) is 35.6 Å².